The third-order valence-corrected chi connectivity index (χ3v) is 7.84. The zero-order valence-corrected chi connectivity index (χ0v) is 21.0. The van der Waals surface area contributed by atoms with Crippen molar-refractivity contribution in [1.82, 2.24) is 9.55 Å². The number of aliphatic hydroxyl groups is 1. The normalized spacial score (nSPS) is 17.5. The van der Waals surface area contributed by atoms with Crippen molar-refractivity contribution in [3.05, 3.63) is 87.5 Å². The number of hydrogen-bond acceptors (Lipinski definition) is 8. The first-order valence-electron chi connectivity index (χ1n) is 11.9. The molecule has 1 atom stereocenters. The monoisotopic (exact) mass is 532 g/mol. The van der Waals surface area contributed by atoms with Crippen LogP contribution in [0.15, 0.2) is 64.3 Å². The van der Waals surface area contributed by atoms with Gasteiger partial charge in [0.1, 0.15) is 18.2 Å². The molecule has 0 saturated heterocycles. The molecule has 4 aromatic rings. The van der Waals surface area contributed by atoms with Crippen LogP contribution in [-0.2, 0) is 33.1 Å². The van der Waals surface area contributed by atoms with Gasteiger partial charge in [0.25, 0.3) is 5.56 Å². The molecule has 0 amide bonds. The molecular weight excluding hydrogens is 511 g/mol. The molecule has 192 valence electrons. The Morgan fingerprint density at radius 3 is 2.84 bits per heavy atom. The Kier molecular flexibility index (Phi) is 5.81. The number of carbonyl (C=O) groups is 2. The van der Waals surface area contributed by atoms with Gasteiger partial charge in [0.2, 0.25) is 0 Å². The summed E-state index contributed by atoms with van der Waals surface area (Å²) in [4.78, 5) is 43.0. The Morgan fingerprint density at radius 1 is 1.21 bits per heavy atom. The van der Waals surface area contributed by atoms with Crippen molar-refractivity contribution >= 4 is 34.6 Å². The molecule has 38 heavy (non-hydrogen) atoms. The van der Waals surface area contributed by atoms with Crippen molar-refractivity contribution in [3.8, 4) is 17.1 Å². The van der Waals surface area contributed by atoms with Crippen molar-refractivity contribution in [1.29, 1.82) is 0 Å². The molecule has 0 fully saturated rings. The van der Waals surface area contributed by atoms with E-state index in [1.165, 1.54) is 30.8 Å². The SMILES string of the molecule is CC(=O)Oc1cc(F)ccc1SCC[C@@]1(O)C(=O)OCc2c1cc1n(c2=O)Cc2cc3ccccc3nc2-1. The molecule has 0 bridgehead atoms. The number of para-hydroxylation sites is 1. The first-order valence-corrected chi connectivity index (χ1v) is 12.9. The van der Waals surface area contributed by atoms with E-state index in [9.17, 15) is 23.9 Å². The molecule has 8 nitrogen and oxygen atoms in total. The summed E-state index contributed by atoms with van der Waals surface area (Å²) < 4.78 is 25.6. The van der Waals surface area contributed by atoms with E-state index in [1.54, 1.807) is 10.6 Å². The maximum absolute atomic E-state index is 13.7. The molecule has 6 rings (SSSR count). The number of nitrogens with zero attached hydrogens (tertiary/aromatic N) is 2. The zero-order chi connectivity index (χ0) is 26.6. The van der Waals surface area contributed by atoms with E-state index in [1.807, 2.05) is 30.3 Å². The van der Waals surface area contributed by atoms with Crippen molar-refractivity contribution in [3.63, 3.8) is 0 Å². The van der Waals surface area contributed by atoms with Gasteiger partial charge in [0.05, 0.1) is 33.9 Å². The van der Waals surface area contributed by atoms with E-state index >= 15 is 0 Å². The molecule has 2 aromatic heterocycles. The second kappa shape index (κ2) is 9.07. The Balaban J connectivity index is 1.36. The fourth-order valence-electron chi connectivity index (χ4n) is 4.97. The Morgan fingerprint density at radius 2 is 2.03 bits per heavy atom. The van der Waals surface area contributed by atoms with Crippen LogP contribution in [0.4, 0.5) is 4.39 Å². The first-order chi connectivity index (χ1) is 18.2. The number of thioether (sulfide) groups is 1. The van der Waals surface area contributed by atoms with Crippen molar-refractivity contribution in [2.45, 2.75) is 37.0 Å². The quantitative estimate of drug-likeness (QED) is 0.206. The van der Waals surface area contributed by atoms with E-state index in [2.05, 4.69) is 0 Å². The summed E-state index contributed by atoms with van der Waals surface area (Å²) in [5.74, 6) is -1.78. The number of cyclic esters (lactones) is 1. The second-order valence-corrected chi connectivity index (χ2v) is 10.4. The Hall–Kier alpha value is -4.02. The number of aromatic nitrogens is 2. The summed E-state index contributed by atoms with van der Waals surface area (Å²) in [6.07, 6.45) is -0.0959. The number of ether oxygens (including phenoxy) is 2. The fourth-order valence-corrected chi connectivity index (χ4v) is 6.00. The van der Waals surface area contributed by atoms with Crippen LogP contribution >= 0.6 is 11.8 Å². The topological polar surface area (TPSA) is 108 Å². The van der Waals surface area contributed by atoms with Gasteiger partial charge in [0, 0.05) is 41.7 Å². The summed E-state index contributed by atoms with van der Waals surface area (Å²) in [5.41, 5.74) is 0.837. The summed E-state index contributed by atoms with van der Waals surface area (Å²) >= 11 is 1.18. The van der Waals surface area contributed by atoms with Crippen molar-refractivity contribution < 1.29 is 28.6 Å². The van der Waals surface area contributed by atoms with Crippen molar-refractivity contribution in [2.24, 2.45) is 0 Å². The fraction of sp³-hybridized carbons (Fsp3) is 0.214. The molecule has 0 saturated carbocycles. The van der Waals surface area contributed by atoms with E-state index in [4.69, 9.17) is 14.5 Å². The minimum Gasteiger partial charge on any atom is -0.458 e. The van der Waals surface area contributed by atoms with Crippen LogP contribution < -0.4 is 10.3 Å². The predicted octanol–water partition coefficient (Wildman–Crippen LogP) is 3.92. The number of carbonyl (C=O) groups excluding carboxylic acids is 2. The first kappa shape index (κ1) is 24.3. The number of fused-ring (bicyclic) bond motifs is 5. The maximum atomic E-state index is 13.7. The zero-order valence-electron chi connectivity index (χ0n) is 20.2. The molecule has 2 aromatic carbocycles. The van der Waals surface area contributed by atoms with Crippen LogP contribution in [0.25, 0.3) is 22.3 Å². The van der Waals surface area contributed by atoms with E-state index < -0.39 is 23.4 Å². The van der Waals surface area contributed by atoms with Gasteiger partial charge in [0.15, 0.2) is 5.60 Å². The van der Waals surface area contributed by atoms with Gasteiger partial charge < -0.3 is 19.1 Å². The van der Waals surface area contributed by atoms with E-state index in [0.29, 0.717) is 22.8 Å². The van der Waals surface area contributed by atoms with Gasteiger partial charge in [-0.2, -0.15) is 0 Å². The maximum Gasteiger partial charge on any atom is 0.343 e. The van der Waals surface area contributed by atoms with Gasteiger partial charge in [-0.25, -0.2) is 14.2 Å². The lowest BCUT2D eigenvalue weighted by molar-refractivity contribution is -0.172. The number of esters is 2. The van der Waals surface area contributed by atoms with Gasteiger partial charge in [-0.3, -0.25) is 9.59 Å². The smallest absolute Gasteiger partial charge is 0.343 e. The minimum atomic E-state index is -2.07. The summed E-state index contributed by atoms with van der Waals surface area (Å²) in [6, 6.07) is 15.1. The summed E-state index contributed by atoms with van der Waals surface area (Å²) in [7, 11) is 0. The largest absolute Gasteiger partial charge is 0.458 e. The van der Waals surface area contributed by atoms with Crippen LogP contribution in [0.2, 0.25) is 0 Å². The standard InChI is InChI=1S/C28H21FN2O6S/c1-15(32)37-23-11-18(29)6-7-24(23)38-9-8-28(35)20-12-22-25-17(10-16-4-2-3-5-21(16)30-25)13-31(22)26(33)19(20)14-36-27(28)34/h2-7,10-12,35H,8-9,13-14H2,1H3/t28-/m0/s1. The molecule has 0 aliphatic carbocycles. The number of pyridine rings is 2. The summed E-state index contributed by atoms with van der Waals surface area (Å²) in [5, 5.41) is 12.6. The molecule has 0 spiro atoms. The predicted molar refractivity (Wildman–Crippen MR) is 137 cm³/mol. The number of rotatable bonds is 5. The van der Waals surface area contributed by atoms with E-state index in [0.717, 1.165) is 22.5 Å². The van der Waals surface area contributed by atoms with Gasteiger partial charge in [-0.1, -0.05) is 18.2 Å². The Labute approximate surface area is 220 Å². The van der Waals surface area contributed by atoms with Crippen LogP contribution in [0.5, 0.6) is 5.75 Å². The molecular formula is C28H21FN2O6S. The third kappa shape index (κ3) is 3.97. The molecule has 4 heterocycles. The van der Waals surface area contributed by atoms with Crippen LogP contribution in [0, 0.1) is 5.82 Å². The van der Waals surface area contributed by atoms with Crippen LogP contribution in [0.3, 0.4) is 0 Å². The lowest BCUT2D eigenvalue weighted by Gasteiger charge is -2.32. The molecule has 2 aliphatic heterocycles. The highest BCUT2D eigenvalue weighted by Gasteiger charge is 2.46. The second-order valence-electron chi connectivity index (χ2n) is 9.22. The molecule has 0 radical (unpaired) electrons. The van der Waals surface area contributed by atoms with Crippen molar-refractivity contribution in [2.75, 3.05) is 5.75 Å². The highest BCUT2D eigenvalue weighted by Crippen LogP contribution is 2.40. The minimum absolute atomic E-state index is 0.0482. The molecule has 10 heteroatoms. The van der Waals surface area contributed by atoms with Crippen LogP contribution in [-0.4, -0.2) is 32.3 Å². The highest BCUT2D eigenvalue weighted by molar-refractivity contribution is 7.99. The third-order valence-electron chi connectivity index (χ3n) is 6.79. The highest BCUT2D eigenvalue weighted by atomic mass is 32.2. The summed E-state index contributed by atoms with van der Waals surface area (Å²) in [6.45, 7) is 1.31. The molecule has 0 unspecified atom stereocenters. The average Bonchev–Trinajstić information content (AvgIpc) is 3.24. The van der Waals surface area contributed by atoms with Crippen LogP contribution in [0.1, 0.15) is 30.0 Å². The lowest BCUT2D eigenvalue weighted by atomic mass is 9.86. The number of halogens is 1. The molecule has 1 N–H and O–H groups in total. The van der Waals surface area contributed by atoms with Gasteiger partial charge in [-0.05, 0) is 30.3 Å². The number of hydrogen-bond donors (Lipinski definition) is 1. The van der Waals surface area contributed by atoms with Gasteiger partial charge >= 0.3 is 11.9 Å². The number of benzene rings is 2. The molecule has 2 aliphatic rings. The lowest BCUT2D eigenvalue weighted by Crippen LogP contribution is -2.45. The average molecular weight is 533 g/mol. The van der Waals surface area contributed by atoms with Gasteiger partial charge in [-0.15, -0.1) is 11.8 Å². The Bertz CT molecular complexity index is 1720. The van der Waals surface area contributed by atoms with E-state index in [-0.39, 0.29) is 41.2 Å².